The van der Waals surface area contributed by atoms with Gasteiger partial charge in [0, 0.05) is 21.7 Å². The Labute approximate surface area is 132 Å². The first-order chi connectivity index (χ1) is 9.65. The summed E-state index contributed by atoms with van der Waals surface area (Å²) in [6.07, 6.45) is 6.56. The van der Waals surface area contributed by atoms with Gasteiger partial charge in [0.25, 0.3) is 0 Å². The fourth-order valence-electron chi connectivity index (χ4n) is 2.80. The van der Waals surface area contributed by atoms with Crippen molar-refractivity contribution in [1.82, 2.24) is 4.98 Å². The molecule has 3 rings (SSSR count). The normalized spacial score (nSPS) is 16.5. The number of hydrogen-bond donors (Lipinski definition) is 1. The molecule has 2 nitrogen and oxygen atoms in total. The topological polar surface area (TPSA) is 30.0 Å². The van der Waals surface area contributed by atoms with Crippen LogP contribution in [-0.2, 0) is 0 Å². The number of carbonyl (C=O) groups excluding carboxylic acids is 1. The standard InChI is InChI=1S/C15H17NOS3/c1-9-11(7-13(20-9)15(17)18)14-16-12(8-19-14)10-5-3-2-4-6-10/h7-8,10H,2-6H2,1H3,(H,17,18). The maximum Gasteiger partial charge on any atom is 0.226 e. The maximum absolute atomic E-state index is 11.4. The third-order valence-corrected chi connectivity index (χ3v) is 6.24. The summed E-state index contributed by atoms with van der Waals surface area (Å²) in [5, 5.41) is 3.08. The van der Waals surface area contributed by atoms with E-state index in [-0.39, 0.29) is 5.12 Å². The zero-order valence-electron chi connectivity index (χ0n) is 11.4. The summed E-state index contributed by atoms with van der Waals surface area (Å²) < 4.78 is 0. The molecule has 0 radical (unpaired) electrons. The molecule has 2 aromatic rings. The van der Waals surface area contributed by atoms with Crippen molar-refractivity contribution >= 4 is 40.4 Å². The Morgan fingerprint density at radius 2 is 2.10 bits per heavy atom. The van der Waals surface area contributed by atoms with Crippen molar-refractivity contribution in [2.75, 3.05) is 0 Å². The Balaban J connectivity index is 1.87. The number of thiophene rings is 1. The minimum Gasteiger partial charge on any atom is -0.281 e. The fourth-order valence-corrected chi connectivity index (χ4v) is 4.90. The zero-order valence-corrected chi connectivity index (χ0v) is 13.9. The van der Waals surface area contributed by atoms with Crippen LogP contribution in [0, 0.1) is 6.92 Å². The van der Waals surface area contributed by atoms with Crippen molar-refractivity contribution in [3.05, 3.63) is 26.9 Å². The number of rotatable bonds is 3. The van der Waals surface area contributed by atoms with Crippen molar-refractivity contribution in [2.45, 2.75) is 44.9 Å². The van der Waals surface area contributed by atoms with E-state index in [2.05, 4.69) is 18.0 Å². The number of carbonyl (C=O) groups is 1. The Hall–Kier alpha value is -0.650. The van der Waals surface area contributed by atoms with E-state index in [1.165, 1.54) is 49.1 Å². The Morgan fingerprint density at radius 3 is 2.75 bits per heavy atom. The molecular formula is C15H17NOS3. The average Bonchev–Trinajstić information content (AvgIpc) is 3.06. The number of aromatic nitrogens is 1. The number of thiol groups is 1. The molecule has 20 heavy (non-hydrogen) atoms. The summed E-state index contributed by atoms with van der Waals surface area (Å²) in [6.45, 7) is 2.04. The van der Waals surface area contributed by atoms with Crippen molar-refractivity contribution in [2.24, 2.45) is 0 Å². The molecule has 1 saturated carbocycles. The molecule has 0 spiro atoms. The van der Waals surface area contributed by atoms with E-state index < -0.39 is 0 Å². The highest BCUT2D eigenvalue weighted by atomic mass is 32.1. The van der Waals surface area contributed by atoms with E-state index in [1.807, 2.05) is 13.0 Å². The lowest BCUT2D eigenvalue weighted by molar-refractivity contribution is 0.109. The molecule has 1 aliphatic carbocycles. The predicted molar refractivity (Wildman–Crippen MR) is 89.3 cm³/mol. The van der Waals surface area contributed by atoms with Gasteiger partial charge in [-0.1, -0.05) is 31.9 Å². The minimum atomic E-state index is -0.159. The molecule has 2 heterocycles. The molecule has 2 aromatic heterocycles. The number of thiazole rings is 1. The van der Waals surface area contributed by atoms with E-state index in [0.29, 0.717) is 10.8 Å². The summed E-state index contributed by atoms with van der Waals surface area (Å²) in [6, 6.07) is 1.93. The van der Waals surface area contributed by atoms with Crippen LogP contribution in [-0.4, -0.2) is 10.1 Å². The first-order valence-electron chi connectivity index (χ1n) is 6.94. The summed E-state index contributed by atoms with van der Waals surface area (Å²) in [4.78, 5) is 18.0. The highest BCUT2D eigenvalue weighted by molar-refractivity contribution is 7.97. The molecule has 0 saturated heterocycles. The van der Waals surface area contributed by atoms with Crippen molar-refractivity contribution < 1.29 is 4.79 Å². The molecule has 0 aromatic carbocycles. The van der Waals surface area contributed by atoms with Crippen LogP contribution in [0.25, 0.3) is 10.6 Å². The molecule has 0 amide bonds. The van der Waals surface area contributed by atoms with Gasteiger partial charge in [0.05, 0.1) is 10.6 Å². The second-order valence-corrected chi connectivity index (χ2v) is 7.82. The van der Waals surface area contributed by atoms with Crippen LogP contribution in [0.5, 0.6) is 0 Å². The van der Waals surface area contributed by atoms with Crippen LogP contribution in [0.2, 0.25) is 0 Å². The first-order valence-corrected chi connectivity index (χ1v) is 9.09. The predicted octanol–water partition coefficient (Wildman–Crippen LogP) is 5.30. The monoisotopic (exact) mass is 323 g/mol. The fraction of sp³-hybridized carbons (Fsp3) is 0.467. The van der Waals surface area contributed by atoms with Gasteiger partial charge in [0.1, 0.15) is 5.01 Å². The van der Waals surface area contributed by atoms with E-state index in [4.69, 9.17) is 4.98 Å². The number of hydrogen-bond acceptors (Lipinski definition) is 4. The van der Waals surface area contributed by atoms with Crippen LogP contribution in [0.15, 0.2) is 11.4 Å². The van der Waals surface area contributed by atoms with Gasteiger partial charge in [-0.3, -0.25) is 4.79 Å². The quantitative estimate of drug-likeness (QED) is 0.777. The van der Waals surface area contributed by atoms with Gasteiger partial charge in [-0.15, -0.1) is 22.7 Å². The summed E-state index contributed by atoms with van der Waals surface area (Å²) >= 11 is 7.10. The van der Waals surface area contributed by atoms with Gasteiger partial charge in [0.15, 0.2) is 0 Å². The second kappa shape index (κ2) is 6.00. The van der Waals surface area contributed by atoms with E-state index >= 15 is 0 Å². The summed E-state index contributed by atoms with van der Waals surface area (Å²) in [7, 11) is 0. The SMILES string of the molecule is Cc1sc(C(=O)S)cc1-c1nc(C2CCCCC2)cs1. The molecule has 0 bridgehead atoms. The van der Waals surface area contributed by atoms with Crippen LogP contribution in [0.4, 0.5) is 0 Å². The minimum absolute atomic E-state index is 0.159. The third-order valence-electron chi connectivity index (χ3n) is 3.90. The van der Waals surface area contributed by atoms with Gasteiger partial charge in [-0.2, -0.15) is 0 Å². The van der Waals surface area contributed by atoms with Crippen LogP contribution in [0.3, 0.4) is 0 Å². The molecule has 1 fully saturated rings. The number of aryl methyl sites for hydroxylation is 1. The highest BCUT2D eigenvalue weighted by Gasteiger charge is 2.20. The van der Waals surface area contributed by atoms with Crippen molar-refractivity contribution in [3.8, 4) is 10.6 Å². The van der Waals surface area contributed by atoms with Gasteiger partial charge < -0.3 is 0 Å². The third kappa shape index (κ3) is 2.85. The number of nitrogens with zero attached hydrogens (tertiary/aromatic N) is 1. The molecule has 0 aliphatic heterocycles. The van der Waals surface area contributed by atoms with E-state index in [9.17, 15) is 4.79 Å². The van der Waals surface area contributed by atoms with Gasteiger partial charge in [-0.25, -0.2) is 4.98 Å². The van der Waals surface area contributed by atoms with Crippen LogP contribution in [0.1, 0.15) is 58.3 Å². The van der Waals surface area contributed by atoms with Gasteiger partial charge >= 0.3 is 0 Å². The molecule has 5 heteroatoms. The van der Waals surface area contributed by atoms with Crippen molar-refractivity contribution in [1.29, 1.82) is 0 Å². The first kappa shape index (κ1) is 14.3. The summed E-state index contributed by atoms with van der Waals surface area (Å²) in [5.74, 6) is 0.638. The Kier molecular flexibility index (Phi) is 4.29. The lowest BCUT2D eigenvalue weighted by atomic mass is 9.87. The molecule has 0 atom stereocenters. The molecule has 106 valence electrons. The molecular weight excluding hydrogens is 306 g/mol. The average molecular weight is 324 g/mol. The van der Waals surface area contributed by atoms with Crippen LogP contribution < -0.4 is 0 Å². The molecule has 0 unspecified atom stereocenters. The van der Waals surface area contributed by atoms with E-state index in [1.54, 1.807) is 11.3 Å². The highest BCUT2D eigenvalue weighted by Crippen LogP contribution is 2.38. The van der Waals surface area contributed by atoms with E-state index in [0.717, 1.165) is 15.4 Å². The summed E-state index contributed by atoms with van der Waals surface area (Å²) in [5.41, 5.74) is 2.34. The van der Waals surface area contributed by atoms with Gasteiger partial charge in [-0.05, 0) is 25.8 Å². The van der Waals surface area contributed by atoms with Crippen LogP contribution >= 0.6 is 35.3 Å². The lowest BCUT2D eigenvalue weighted by Gasteiger charge is -2.19. The lowest BCUT2D eigenvalue weighted by Crippen LogP contribution is -2.04. The molecule has 1 aliphatic rings. The Morgan fingerprint density at radius 1 is 1.35 bits per heavy atom. The largest absolute Gasteiger partial charge is 0.281 e. The maximum atomic E-state index is 11.4. The van der Waals surface area contributed by atoms with Crippen molar-refractivity contribution in [3.63, 3.8) is 0 Å². The Bertz CT molecular complexity index is 623. The smallest absolute Gasteiger partial charge is 0.226 e. The zero-order chi connectivity index (χ0) is 14.1. The molecule has 0 N–H and O–H groups in total. The van der Waals surface area contributed by atoms with Gasteiger partial charge in [0.2, 0.25) is 5.12 Å². The second-order valence-electron chi connectivity index (χ2n) is 5.30.